The maximum Gasteiger partial charge on any atom is 0.224 e. The number of benzene rings is 1. The van der Waals surface area contributed by atoms with Gasteiger partial charge in [-0.25, -0.2) is 0 Å². The quantitative estimate of drug-likeness (QED) is 0.683. The van der Waals surface area contributed by atoms with Gasteiger partial charge in [-0.1, -0.05) is 12.8 Å². The lowest BCUT2D eigenvalue weighted by Crippen LogP contribution is -2.12. The van der Waals surface area contributed by atoms with Crippen LogP contribution in [0.3, 0.4) is 0 Å². The number of hydrogen-bond acceptors (Lipinski definition) is 3. The first-order valence-corrected chi connectivity index (χ1v) is 7.80. The molecule has 0 radical (unpaired) electrons. The molecule has 1 rings (SSSR count). The van der Waals surface area contributed by atoms with Crippen molar-refractivity contribution in [3.63, 3.8) is 0 Å². The number of nitrogens with one attached hydrogen (secondary N) is 1. The molecule has 21 heavy (non-hydrogen) atoms. The van der Waals surface area contributed by atoms with Gasteiger partial charge in [-0.15, -0.1) is 0 Å². The smallest absolute Gasteiger partial charge is 0.224 e. The molecule has 1 aromatic rings. The van der Waals surface area contributed by atoms with Crippen molar-refractivity contribution in [2.75, 3.05) is 11.9 Å². The second-order valence-electron chi connectivity index (χ2n) is 5.65. The second kappa shape index (κ2) is 9.40. The summed E-state index contributed by atoms with van der Waals surface area (Å²) in [6.07, 6.45) is 4.83. The summed E-state index contributed by atoms with van der Waals surface area (Å²) >= 11 is 0. The van der Waals surface area contributed by atoms with E-state index in [-0.39, 0.29) is 12.0 Å². The molecule has 0 aliphatic rings. The van der Waals surface area contributed by atoms with E-state index in [1.807, 2.05) is 39.0 Å². The van der Waals surface area contributed by atoms with Crippen LogP contribution in [-0.2, 0) is 4.79 Å². The molecule has 0 fully saturated rings. The van der Waals surface area contributed by atoms with Gasteiger partial charge in [-0.2, -0.15) is 0 Å². The lowest BCUT2D eigenvalue weighted by Gasteiger charge is -2.13. The number of nitrogens with two attached hydrogens (primary N) is 1. The zero-order valence-corrected chi connectivity index (χ0v) is 13.4. The van der Waals surface area contributed by atoms with E-state index >= 15 is 0 Å². The van der Waals surface area contributed by atoms with Crippen LogP contribution in [0.2, 0.25) is 0 Å². The Morgan fingerprint density at radius 2 is 1.95 bits per heavy atom. The van der Waals surface area contributed by atoms with Gasteiger partial charge in [0, 0.05) is 12.1 Å². The third kappa shape index (κ3) is 7.14. The van der Waals surface area contributed by atoms with Crippen molar-refractivity contribution in [1.29, 1.82) is 0 Å². The molecular weight excluding hydrogens is 264 g/mol. The Kier molecular flexibility index (Phi) is 7.83. The minimum Gasteiger partial charge on any atom is -0.491 e. The molecule has 0 aliphatic carbocycles. The highest BCUT2D eigenvalue weighted by Crippen LogP contribution is 2.23. The normalized spacial score (nSPS) is 10.7. The van der Waals surface area contributed by atoms with Gasteiger partial charge >= 0.3 is 0 Å². The van der Waals surface area contributed by atoms with Crippen molar-refractivity contribution < 1.29 is 9.53 Å². The lowest BCUT2D eigenvalue weighted by molar-refractivity contribution is -0.116. The highest BCUT2D eigenvalue weighted by Gasteiger charge is 2.06. The van der Waals surface area contributed by atoms with Crippen LogP contribution in [0.15, 0.2) is 18.2 Å². The van der Waals surface area contributed by atoms with E-state index in [1.54, 1.807) is 0 Å². The summed E-state index contributed by atoms with van der Waals surface area (Å²) in [4.78, 5) is 11.9. The van der Waals surface area contributed by atoms with Crippen LogP contribution >= 0.6 is 0 Å². The number of ether oxygens (including phenoxy) is 1. The Bertz CT molecular complexity index is 444. The number of anilines is 1. The summed E-state index contributed by atoms with van der Waals surface area (Å²) in [5.41, 5.74) is 7.30. The summed E-state index contributed by atoms with van der Waals surface area (Å²) < 4.78 is 5.68. The van der Waals surface area contributed by atoms with Crippen LogP contribution in [-0.4, -0.2) is 18.6 Å². The Balaban J connectivity index is 2.40. The third-order valence-corrected chi connectivity index (χ3v) is 3.18. The van der Waals surface area contributed by atoms with E-state index in [0.29, 0.717) is 6.42 Å². The van der Waals surface area contributed by atoms with Crippen molar-refractivity contribution in [2.24, 2.45) is 5.73 Å². The van der Waals surface area contributed by atoms with Crippen LogP contribution in [0.25, 0.3) is 0 Å². The molecule has 0 unspecified atom stereocenters. The van der Waals surface area contributed by atoms with E-state index in [4.69, 9.17) is 10.5 Å². The van der Waals surface area contributed by atoms with Crippen LogP contribution in [0, 0.1) is 6.92 Å². The van der Waals surface area contributed by atoms with Crippen LogP contribution in [0.5, 0.6) is 5.75 Å². The Morgan fingerprint density at radius 1 is 1.24 bits per heavy atom. The molecule has 1 amide bonds. The number of carbonyl (C=O) groups excluding carboxylic acids is 1. The molecule has 0 saturated carbocycles. The molecule has 1 aromatic carbocycles. The predicted octanol–water partition coefficient (Wildman–Crippen LogP) is 3.63. The molecule has 4 heteroatoms. The first-order chi connectivity index (χ1) is 10.0. The lowest BCUT2D eigenvalue weighted by atomic mass is 10.1. The van der Waals surface area contributed by atoms with Crippen molar-refractivity contribution in [1.82, 2.24) is 0 Å². The minimum absolute atomic E-state index is 0.0691. The predicted molar refractivity (Wildman–Crippen MR) is 87.7 cm³/mol. The summed E-state index contributed by atoms with van der Waals surface area (Å²) in [5.74, 6) is 0.935. The summed E-state index contributed by atoms with van der Waals surface area (Å²) in [5, 5.41) is 2.94. The van der Waals surface area contributed by atoms with Gasteiger partial charge in [0.1, 0.15) is 5.75 Å². The van der Waals surface area contributed by atoms with Gasteiger partial charge in [0.15, 0.2) is 0 Å². The van der Waals surface area contributed by atoms with Crippen molar-refractivity contribution in [3.8, 4) is 5.75 Å². The van der Waals surface area contributed by atoms with Gasteiger partial charge in [-0.3, -0.25) is 4.79 Å². The van der Waals surface area contributed by atoms with E-state index in [1.165, 1.54) is 0 Å². The standard InChI is InChI=1S/C17H28N2O2/c1-13(2)21-16-10-9-15(12-14(16)3)19-17(20)8-6-4-5-7-11-18/h9-10,12-13H,4-8,11,18H2,1-3H3,(H,19,20). The number of carbonyl (C=O) groups is 1. The van der Waals surface area contributed by atoms with E-state index in [0.717, 1.165) is 49.2 Å². The van der Waals surface area contributed by atoms with Gasteiger partial charge in [0.05, 0.1) is 6.10 Å². The van der Waals surface area contributed by atoms with E-state index in [2.05, 4.69) is 5.32 Å². The van der Waals surface area contributed by atoms with Crippen molar-refractivity contribution >= 4 is 11.6 Å². The largest absolute Gasteiger partial charge is 0.491 e. The molecule has 0 saturated heterocycles. The number of aryl methyl sites for hydroxylation is 1. The van der Waals surface area contributed by atoms with E-state index in [9.17, 15) is 4.79 Å². The molecule has 0 heterocycles. The topological polar surface area (TPSA) is 64.4 Å². The monoisotopic (exact) mass is 292 g/mol. The fraction of sp³-hybridized carbons (Fsp3) is 0.588. The molecule has 0 aromatic heterocycles. The highest BCUT2D eigenvalue weighted by molar-refractivity contribution is 5.90. The van der Waals surface area contributed by atoms with Gasteiger partial charge in [0.25, 0.3) is 0 Å². The van der Waals surface area contributed by atoms with Gasteiger partial charge < -0.3 is 15.8 Å². The first kappa shape index (κ1) is 17.5. The Hall–Kier alpha value is -1.55. The Morgan fingerprint density at radius 3 is 2.57 bits per heavy atom. The average Bonchev–Trinajstić information content (AvgIpc) is 2.41. The fourth-order valence-corrected chi connectivity index (χ4v) is 2.12. The van der Waals surface area contributed by atoms with Gasteiger partial charge in [-0.05, 0) is 63.9 Å². The SMILES string of the molecule is Cc1cc(NC(=O)CCCCCCN)ccc1OC(C)C. The molecule has 0 aliphatic heterocycles. The number of amides is 1. The van der Waals surface area contributed by atoms with Crippen LogP contribution in [0.1, 0.15) is 51.5 Å². The minimum atomic E-state index is 0.0691. The zero-order valence-electron chi connectivity index (χ0n) is 13.4. The average molecular weight is 292 g/mol. The van der Waals surface area contributed by atoms with Crippen LogP contribution in [0.4, 0.5) is 5.69 Å². The van der Waals surface area contributed by atoms with Gasteiger partial charge in [0.2, 0.25) is 5.91 Å². The molecule has 0 atom stereocenters. The number of hydrogen-bond donors (Lipinski definition) is 2. The Labute approximate surface area is 128 Å². The van der Waals surface area contributed by atoms with Crippen LogP contribution < -0.4 is 15.8 Å². The fourth-order valence-electron chi connectivity index (χ4n) is 2.12. The summed E-state index contributed by atoms with van der Waals surface area (Å²) in [6.45, 7) is 6.72. The zero-order chi connectivity index (χ0) is 15.7. The molecule has 3 N–H and O–H groups in total. The molecular formula is C17H28N2O2. The third-order valence-electron chi connectivity index (χ3n) is 3.18. The maximum absolute atomic E-state index is 11.9. The molecule has 118 valence electrons. The molecule has 4 nitrogen and oxygen atoms in total. The first-order valence-electron chi connectivity index (χ1n) is 7.80. The molecule has 0 bridgehead atoms. The number of rotatable bonds is 9. The van der Waals surface area contributed by atoms with Crippen molar-refractivity contribution in [3.05, 3.63) is 23.8 Å². The highest BCUT2D eigenvalue weighted by atomic mass is 16.5. The number of unbranched alkanes of at least 4 members (excludes halogenated alkanes) is 3. The summed E-state index contributed by atoms with van der Waals surface area (Å²) in [6, 6.07) is 5.74. The summed E-state index contributed by atoms with van der Waals surface area (Å²) in [7, 11) is 0. The second-order valence-corrected chi connectivity index (χ2v) is 5.65. The van der Waals surface area contributed by atoms with E-state index < -0.39 is 0 Å². The molecule has 0 spiro atoms. The van der Waals surface area contributed by atoms with Crippen molar-refractivity contribution in [2.45, 2.75) is 59.0 Å². The maximum atomic E-state index is 11.9.